The van der Waals surface area contributed by atoms with Crippen molar-refractivity contribution in [2.75, 3.05) is 0 Å². The maximum absolute atomic E-state index is 11.8. The van der Waals surface area contributed by atoms with Crippen LogP contribution < -0.4 is 0 Å². The molecule has 1 aromatic carbocycles. The molecule has 1 unspecified atom stereocenters. The zero-order valence-corrected chi connectivity index (χ0v) is 11.3. The fraction of sp³-hybridized carbons (Fsp3) is 0.400. The second-order valence-corrected chi connectivity index (χ2v) is 5.02. The SMILES string of the molecule is CC(=O)C(c1nc2ccccc2nc1C)C(C)C. The summed E-state index contributed by atoms with van der Waals surface area (Å²) in [6.45, 7) is 7.64. The summed E-state index contributed by atoms with van der Waals surface area (Å²) in [5.41, 5.74) is 3.40. The summed E-state index contributed by atoms with van der Waals surface area (Å²) in [5.74, 6) is 0.219. The molecule has 2 aromatic rings. The maximum atomic E-state index is 11.8. The summed E-state index contributed by atoms with van der Waals surface area (Å²) < 4.78 is 0. The molecular weight excluding hydrogens is 224 g/mol. The van der Waals surface area contributed by atoms with Gasteiger partial charge in [-0.15, -0.1) is 0 Å². The van der Waals surface area contributed by atoms with Crippen molar-refractivity contribution in [3.63, 3.8) is 0 Å². The zero-order valence-electron chi connectivity index (χ0n) is 11.3. The van der Waals surface area contributed by atoms with E-state index in [0.29, 0.717) is 0 Å². The van der Waals surface area contributed by atoms with E-state index in [9.17, 15) is 4.79 Å². The van der Waals surface area contributed by atoms with Gasteiger partial charge in [-0.05, 0) is 31.9 Å². The number of aromatic nitrogens is 2. The Balaban J connectivity index is 2.62. The van der Waals surface area contributed by atoms with Gasteiger partial charge in [0.2, 0.25) is 0 Å². The third-order valence-electron chi connectivity index (χ3n) is 3.18. The van der Waals surface area contributed by atoms with Gasteiger partial charge in [0, 0.05) is 0 Å². The van der Waals surface area contributed by atoms with Gasteiger partial charge in [-0.3, -0.25) is 4.79 Å². The number of hydrogen-bond donors (Lipinski definition) is 0. The highest BCUT2D eigenvalue weighted by atomic mass is 16.1. The summed E-state index contributed by atoms with van der Waals surface area (Å²) in [6, 6.07) is 7.76. The molecule has 0 radical (unpaired) electrons. The molecule has 0 amide bonds. The lowest BCUT2D eigenvalue weighted by molar-refractivity contribution is -0.119. The number of para-hydroxylation sites is 2. The van der Waals surface area contributed by atoms with E-state index in [1.807, 2.05) is 45.0 Å². The normalized spacial score (nSPS) is 12.9. The third kappa shape index (κ3) is 2.26. The molecule has 0 bridgehead atoms. The highest BCUT2D eigenvalue weighted by Gasteiger charge is 2.24. The Morgan fingerprint density at radius 1 is 1.11 bits per heavy atom. The first-order valence-electron chi connectivity index (χ1n) is 6.24. The Bertz CT molecular complexity index is 590. The van der Waals surface area contributed by atoms with Crippen LogP contribution in [0.1, 0.15) is 38.1 Å². The lowest BCUT2D eigenvalue weighted by Crippen LogP contribution is -2.18. The average Bonchev–Trinajstić information content (AvgIpc) is 2.29. The van der Waals surface area contributed by atoms with E-state index in [4.69, 9.17) is 0 Å². The summed E-state index contributed by atoms with van der Waals surface area (Å²) in [7, 11) is 0. The molecule has 2 rings (SSSR count). The van der Waals surface area contributed by atoms with Crippen LogP contribution in [0.3, 0.4) is 0 Å². The average molecular weight is 242 g/mol. The number of carbonyl (C=O) groups is 1. The molecule has 1 atom stereocenters. The van der Waals surface area contributed by atoms with Gasteiger partial charge in [0.1, 0.15) is 5.78 Å². The molecule has 0 aliphatic carbocycles. The first-order valence-corrected chi connectivity index (χ1v) is 6.24. The van der Waals surface area contributed by atoms with Gasteiger partial charge in [0.15, 0.2) is 0 Å². The molecule has 1 heterocycles. The second kappa shape index (κ2) is 4.84. The standard InChI is InChI=1S/C15H18N2O/c1-9(2)14(11(4)18)15-10(3)16-12-7-5-6-8-13(12)17-15/h5-9,14H,1-4H3. The van der Waals surface area contributed by atoms with Crippen LogP contribution in [0.2, 0.25) is 0 Å². The van der Waals surface area contributed by atoms with E-state index in [1.165, 1.54) is 0 Å². The zero-order chi connectivity index (χ0) is 13.3. The molecule has 0 N–H and O–H groups in total. The molecule has 0 aliphatic heterocycles. The highest BCUT2D eigenvalue weighted by molar-refractivity contribution is 5.84. The predicted octanol–water partition coefficient (Wildman–Crippen LogP) is 3.27. The van der Waals surface area contributed by atoms with Gasteiger partial charge in [-0.1, -0.05) is 26.0 Å². The minimum Gasteiger partial charge on any atom is -0.299 e. The molecule has 3 nitrogen and oxygen atoms in total. The van der Waals surface area contributed by atoms with Crippen molar-refractivity contribution in [2.45, 2.75) is 33.6 Å². The minimum absolute atomic E-state index is 0.151. The Morgan fingerprint density at radius 3 is 2.17 bits per heavy atom. The number of fused-ring (bicyclic) bond motifs is 1. The van der Waals surface area contributed by atoms with Crippen LogP contribution in [-0.2, 0) is 4.79 Å². The number of aryl methyl sites for hydroxylation is 1. The first-order chi connectivity index (χ1) is 8.50. The van der Waals surface area contributed by atoms with Crippen LogP contribution in [0.25, 0.3) is 11.0 Å². The van der Waals surface area contributed by atoms with Crippen LogP contribution in [0.15, 0.2) is 24.3 Å². The van der Waals surface area contributed by atoms with Gasteiger partial charge in [-0.2, -0.15) is 0 Å². The summed E-state index contributed by atoms with van der Waals surface area (Å²) in [6.07, 6.45) is 0. The van der Waals surface area contributed by atoms with Crippen LogP contribution in [0, 0.1) is 12.8 Å². The van der Waals surface area contributed by atoms with Crippen LogP contribution in [-0.4, -0.2) is 15.8 Å². The van der Waals surface area contributed by atoms with E-state index in [0.717, 1.165) is 22.4 Å². The molecular formula is C15H18N2O. The molecule has 94 valence electrons. The number of ketones is 1. The van der Waals surface area contributed by atoms with Gasteiger partial charge in [0.05, 0.1) is 28.3 Å². The van der Waals surface area contributed by atoms with Crippen molar-refractivity contribution in [3.05, 3.63) is 35.7 Å². The Kier molecular flexibility index (Phi) is 3.41. The summed E-state index contributed by atoms with van der Waals surface area (Å²) in [4.78, 5) is 21.0. The molecule has 1 aromatic heterocycles. The summed E-state index contributed by atoms with van der Waals surface area (Å²) >= 11 is 0. The lowest BCUT2D eigenvalue weighted by Gasteiger charge is -2.19. The fourth-order valence-electron chi connectivity index (χ4n) is 2.37. The molecule has 0 spiro atoms. The number of rotatable bonds is 3. The first kappa shape index (κ1) is 12.7. The Hall–Kier alpha value is -1.77. The monoisotopic (exact) mass is 242 g/mol. The lowest BCUT2D eigenvalue weighted by atomic mass is 9.88. The van der Waals surface area contributed by atoms with Crippen molar-refractivity contribution < 1.29 is 4.79 Å². The molecule has 0 aliphatic rings. The molecule has 3 heteroatoms. The van der Waals surface area contributed by atoms with Gasteiger partial charge in [-0.25, -0.2) is 9.97 Å². The van der Waals surface area contributed by atoms with Gasteiger partial charge >= 0.3 is 0 Å². The van der Waals surface area contributed by atoms with Crippen LogP contribution in [0.5, 0.6) is 0 Å². The van der Waals surface area contributed by atoms with E-state index in [1.54, 1.807) is 6.92 Å². The fourth-order valence-corrected chi connectivity index (χ4v) is 2.37. The minimum atomic E-state index is -0.165. The quantitative estimate of drug-likeness (QED) is 0.829. The highest BCUT2D eigenvalue weighted by Crippen LogP contribution is 2.27. The van der Waals surface area contributed by atoms with Gasteiger partial charge in [0.25, 0.3) is 0 Å². The van der Waals surface area contributed by atoms with Crippen molar-refractivity contribution in [2.24, 2.45) is 5.92 Å². The predicted molar refractivity (Wildman–Crippen MR) is 72.5 cm³/mol. The number of Topliss-reactive ketones (excluding diaryl/α,β-unsaturated/α-hetero) is 1. The molecule has 18 heavy (non-hydrogen) atoms. The van der Waals surface area contributed by atoms with Crippen LogP contribution in [0.4, 0.5) is 0 Å². The van der Waals surface area contributed by atoms with E-state index in [2.05, 4.69) is 9.97 Å². The second-order valence-electron chi connectivity index (χ2n) is 5.02. The van der Waals surface area contributed by atoms with Crippen molar-refractivity contribution >= 4 is 16.8 Å². The Labute approximate surface area is 107 Å². The van der Waals surface area contributed by atoms with Crippen LogP contribution >= 0.6 is 0 Å². The van der Waals surface area contributed by atoms with Crippen molar-refractivity contribution in [1.82, 2.24) is 9.97 Å². The van der Waals surface area contributed by atoms with E-state index in [-0.39, 0.29) is 17.6 Å². The smallest absolute Gasteiger partial charge is 0.139 e. The third-order valence-corrected chi connectivity index (χ3v) is 3.18. The van der Waals surface area contributed by atoms with Gasteiger partial charge < -0.3 is 0 Å². The summed E-state index contributed by atoms with van der Waals surface area (Å²) in [5, 5.41) is 0. The number of benzene rings is 1. The van der Waals surface area contributed by atoms with E-state index >= 15 is 0 Å². The van der Waals surface area contributed by atoms with Crippen molar-refractivity contribution in [1.29, 1.82) is 0 Å². The largest absolute Gasteiger partial charge is 0.299 e. The molecule has 0 fully saturated rings. The molecule has 0 saturated heterocycles. The number of carbonyl (C=O) groups excluding carboxylic acids is 1. The number of nitrogens with zero attached hydrogens (tertiary/aromatic N) is 2. The maximum Gasteiger partial charge on any atom is 0.139 e. The Morgan fingerprint density at radius 2 is 1.67 bits per heavy atom. The topological polar surface area (TPSA) is 42.9 Å². The molecule has 0 saturated carbocycles. The van der Waals surface area contributed by atoms with Crippen molar-refractivity contribution in [3.8, 4) is 0 Å². The van der Waals surface area contributed by atoms with E-state index < -0.39 is 0 Å². The number of hydrogen-bond acceptors (Lipinski definition) is 3.